The van der Waals surface area contributed by atoms with E-state index in [1.807, 2.05) is 24.5 Å². The molecule has 5 heteroatoms. The molecule has 14 rings (SSSR count). The van der Waals surface area contributed by atoms with Crippen LogP contribution in [0.15, 0.2) is 225 Å². The first kappa shape index (κ1) is 38.1. The Labute approximate surface area is 390 Å². The van der Waals surface area contributed by atoms with Crippen LogP contribution in [0.3, 0.4) is 0 Å². The van der Waals surface area contributed by atoms with E-state index in [-0.39, 0.29) is 0 Å². The van der Waals surface area contributed by atoms with Crippen molar-refractivity contribution in [1.29, 1.82) is 0 Å². The van der Waals surface area contributed by atoms with Crippen LogP contribution in [0, 0.1) is 0 Å². The van der Waals surface area contributed by atoms with Crippen LogP contribution in [0.4, 0.5) is 0 Å². The molecule has 11 aromatic carbocycles. The summed E-state index contributed by atoms with van der Waals surface area (Å²) in [5, 5.41) is 16.2. The van der Waals surface area contributed by atoms with Crippen molar-refractivity contribution in [3.05, 3.63) is 225 Å². The van der Waals surface area contributed by atoms with Crippen molar-refractivity contribution in [3.63, 3.8) is 0 Å². The van der Waals surface area contributed by atoms with E-state index in [0.717, 1.165) is 82.3 Å². The fraction of sp³-hybridized carbons (Fsp3) is 0. The molecule has 3 aromatic heterocycles. The lowest BCUT2D eigenvalue weighted by atomic mass is 9.88. The highest BCUT2D eigenvalue weighted by molar-refractivity contribution is 6.16. The summed E-state index contributed by atoms with van der Waals surface area (Å²) >= 11 is 0. The number of nitrogens with zero attached hydrogens (tertiary/aromatic N) is 5. The molecule has 3 heterocycles. The van der Waals surface area contributed by atoms with Gasteiger partial charge >= 0.3 is 0 Å². The van der Waals surface area contributed by atoms with E-state index in [1.54, 1.807) is 0 Å². The maximum absolute atomic E-state index is 5.42. The van der Waals surface area contributed by atoms with Gasteiger partial charge in [0.15, 0.2) is 17.5 Å². The maximum Gasteiger partial charge on any atom is 0.164 e. The van der Waals surface area contributed by atoms with Crippen molar-refractivity contribution in [2.24, 2.45) is 0 Å². The van der Waals surface area contributed by atoms with E-state index >= 15 is 0 Å². The van der Waals surface area contributed by atoms with Crippen LogP contribution in [-0.4, -0.2) is 24.9 Å². The third-order valence-electron chi connectivity index (χ3n) is 13.6. The minimum atomic E-state index is 0.587. The lowest BCUT2D eigenvalue weighted by molar-refractivity contribution is 1.08. The Morgan fingerprint density at radius 2 is 0.618 bits per heavy atom. The van der Waals surface area contributed by atoms with Crippen molar-refractivity contribution in [2.75, 3.05) is 0 Å². The van der Waals surface area contributed by atoms with E-state index in [0.29, 0.717) is 17.5 Å². The highest BCUT2D eigenvalue weighted by Gasteiger charge is 2.19. The van der Waals surface area contributed by atoms with E-state index in [1.165, 1.54) is 43.1 Å². The zero-order valence-electron chi connectivity index (χ0n) is 36.6. The number of rotatable bonds is 5. The van der Waals surface area contributed by atoms with Crippen molar-refractivity contribution >= 4 is 86.4 Å². The Balaban J connectivity index is 1.05. The zero-order chi connectivity index (χ0) is 44.7. The van der Waals surface area contributed by atoms with Crippen LogP contribution >= 0.6 is 0 Å². The van der Waals surface area contributed by atoms with Gasteiger partial charge in [0, 0.05) is 39.9 Å². The van der Waals surface area contributed by atoms with Gasteiger partial charge in [-0.05, 0) is 166 Å². The summed E-state index contributed by atoms with van der Waals surface area (Å²) in [5.41, 5.74) is 9.02. The predicted octanol–water partition coefficient (Wildman–Crippen LogP) is 16.2. The minimum Gasteiger partial charge on any atom is -0.256 e. The van der Waals surface area contributed by atoms with Crippen LogP contribution in [0.5, 0.6) is 0 Å². The summed E-state index contributed by atoms with van der Waals surface area (Å²) in [6, 6.07) is 76.1. The monoisotopic (exact) mass is 863 g/mol. The third kappa shape index (κ3) is 6.36. The Kier molecular flexibility index (Phi) is 8.52. The maximum atomic E-state index is 5.42. The van der Waals surface area contributed by atoms with Gasteiger partial charge in [0.25, 0.3) is 0 Å². The first-order chi connectivity index (χ1) is 33.6. The van der Waals surface area contributed by atoms with Gasteiger partial charge in [0.05, 0.1) is 11.0 Å². The Morgan fingerprint density at radius 1 is 0.221 bits per heavy atom. The molecule has 0 spiro atoms. The van der Waals surface area contributed by atoms with Gasteiger partial charge in [-0.3, -0.25) is 9.97 Å². The van der Waals surface area contributed by atoms with Gasteiger partial charge in [0.1, 0.15) is 0 Å². The number of fused-ring (bicyclic) bond motifs is 10. The highest BCUT2D eigenvalue weighted by Crippen LogP contribution is 2.42. The standard InChI is InChI=1S/C63H37N5/c1-3-15-51-40(11-1)34-57(55-19-7-5-17-53(51)55)48-31-49(58-35-41-12-2-4-16-52(41)54-18-6-8-20-56(54)58)33-50(32-48)63-67-61(44-23-21-38-27-42-13-9-25-64-59(42)36-46(38)29-44)66-62(68-63)45-24-22-39-28-43-14-10-26-65-60(43)37-47(39)30-45/h1-37H. The molecule has 0 aliphatic heterocycles. The molecule has 0 saturated heterocycles. The number of hydrogen-bond donors (Lipinski definition) is 0. The topological polar surface area (TPSA) is 64.5 Å². The van der Waals surface area contributed by atoms with Crippen molar-refractivity contribution in [3.8, 4) is 56.4 Å². The Bertz CT molecular complexity index is 4130. The molecule has 0 fully saturated rings. The Morgan fingerprint density at radius 3 is 1.10 bits per heavy atom. The van der Waals surface area contributed by atoms with E-state index in [4.69, 9.17) is 15.0 Å². The smallest absolute Gasteiger partial charge is 0.164 e. The zero-order valence-corrected chi connectivity index (χ0v) is 36.6. The molecular formula is C63H37N5. The number of benzene rings is 11. The van der Waals surface area contributed by atoms with Crippen LogP contribution in [0.25, 0.3) is 143 Å². The molecule has 0 atom stereocenters. The second-order valence-electron chi connectivity index (χ2n) is 17.7. The van der Waals surface area contributed by atoms with Crippen molar-refractivity contribution < 1.29 is 0 Å². The molecular weight excluding hydrogens is 827 g/mol. The molecule has 0 unspecified atom stereocenters. The van der Waals surface area contributed by atoms with Gasteiger partial charge in [-0.2, -0.15) is 0 Å². The number of pyridine rings is 2. The van der Waals surface area contributed by atoms with Gasteiger partial charge in [-0.1, -0.05) is 133 Å². The van der Waals surface area contributed by atoms with Gasteiger partial charge in [-0.15, -0.1) is 0 Å². The normalized spacial score (nSPS) is 11.8. The lowest BCUT2D eigenvalue weighted by Gasteiger charge is -2.17. The van der Waals surface area contributed by atoms with Crippen LogP contribution in [0.2, 0.25) is 0 Å². The summed E-state index contributed by atoms with van der Waals surface area (Å²) in [6.45, 7) is 0. The second kappa shape index (κ2) is 15.2. The first-order valence-corrected chi connectivity index (χ1v) is 22.9. The number of aromatic nitrogens is 5. The summed E-state index contributed by atoms with van der Waals surface area (Å²) in [4.78, 5) is 25.5. The van der Waals surface area contributed by atoms with Crippen LogP contribution < -0.4 is 0 Å². The van der Waals surface area contributed by atoms with Crippen molar-refractivity contribution in [1.82, 2.24) is 24.9 Å². The average molecular weight is 864 g/mol. The summed E-state index contributed by atoms with van der Waals surface area (Å²) < 4.78 is 0. The van der Waals surface area contributed by atoms with E-state index < -0.39 is 0 Å². The second-order valence-corrected chi connectivity index (χ2v) is 17.7. The van der Waals surface area contributed by atoms with Crippen LogP contribution in [-0.2, 0) is 0 Å². The van der Waals surface area contributed by atoms with E-state index in [2.05, 4.69) is 210 Å². The third-order valence-corrected chi connectivity index (χ3v) is 13.6. The first-order valence-electron chi connectivity index (χ1n) is 22.9. The number of hydrogen-bond acceptors (Lipinski definition) is 5. The molecule has 0 saturated carbocycles. The molecule has 0 aliphatic carbocycles. The fourth-order valence-corrected chi connectivity index (χ4v) is 10.3. The molecule has 0 amide bonds. The minimum absolute atomic E-state index is 0.587. The fourth-order valence-electron chi connectivity index (χ4n) is 10.3. The van der Waals surface area contributed by atoms with Gasteiger partial charge < -0.3 is 0 Å². The summed E-state index contributed by atoms with van der Waals surface area (Å²) in [7, 11) is 0. The molecule has 0 radical (unpaired) electrons. The van der Waals surface area contributed by atoms with Crippen molar-refractivity contribution in [2.45, 2.75) is 0 Å². The SMILES string of the molecule is c1cnc2cc3cc(-c4nc(-c5cc(-c6cc7ccccc7c7ccccc67)cc(-c6cc7ccccc7c7ccccc67)c5)nc(-c5ccc6cc7cccnc7cc6c5)n4)ccc3cc2c1. The predicted molar refractivity (Wildman–Crippen MR) is 283 cm³/mol. The molecule has 68 heavy (non-hydrogen) atoms. The average Bonchev–Trinajstić information content (AvgIpc) is 3.40. The van der Waals surface area contributed by atoms with E-state index in [9.17, 15) is 0 Å². The van der Waals surface area contributed by atoms with Crippen LogP contribution in [0.1, 0.15) is 0 Å². The Hall–Kier alpha value is -9.19. The summed E-state index contributed by atoms with van der Waals surface area (Å²) in [6.07, 6.45) is 3.68. The molecule has 0 bridgehead atoms. The van der Waals surface area contributed by atoms with Gasteiger partial charge in [0.2, 0.25) is 0 Å². The largest absolute Gasteiger partial charge is 0.256 e. The molecule has 5 nitrogen and oxygen atoms in total. The summed E-state index contributed by atoms with van der Waals surface area (Å²) in [5.74, 6) is 1.77. The molecule has 0 N–H and O–H groups in total. The molecule has 14 aromatic rings. The molecule has 0 aliphatic rings. The van der Waals surface area contributed by atoms with Gasteiger partial charge in [-0.25, -0.2) is 15.0 Å². The molecule has 314 valence electrons. The highest BCUT2D eigenvalue weighted by atomic mass is 15.0. The quantitative estimate of drug-likeness (QED) is 0.127. The lowest BCUT2D eigenvalue weighted by Crippen LogP contribution is -2.01.